The van der Waals surface area contributed by atoms with Crippen molar-refractivity contribution < 1.29 is 9.47 Å². The Hall–Kier alpha value is -2.37. The van der Waals surface area contributed by atoms with Gasteiger partial charge in [-0.1, -0.05) is 42.5 Å². The molecule has 0 radical (unpaired) electrons. The van der Waals surface area contributed by atoms with Gasteiger partial charge in [0.15, 0.2) is 11.5 Å². The molecular formula is C19H20N2O2S. The summed E-state index contributed by atoms with van der Waals surface area (Å²) >= 11 is 1.71. The zero-order valence-corrected chi connectivity index (χ0v) is 14.6. The highest BCUT2D eigenvalue weighted by Gasteiger charge is 2.09. The van der Waals surface area contributed by atoms with E-state index in [0.29, 0.717) is 6.54 Å². The monoisotopic (exact) mass is 340 g/mol. The lowest BCUT2D eigenvalue weighted by atomic mass is 10.2. The van der Waals surface area contributed by atoms with Gasteiger partial charge in [0.1, 0.15) is 5.01 Å². The molecule has 124 valence electrons. The van der Waals surface area contributed by atoms with Gasteiger partial charge < -0.3 is 14.8 Å². The third-order valence-electron chi connectivity index (χ3n) is 3.69. The van der Waals surface area contributed by atoms with E-state index >= 15 is 0 Å². The van der Waals surface area contributed by atoms with Gasteiger partial charge in [-0.05, 0) is 11.6 Å². The molecule has 0 atom stereocenters. The molecule has 4 nitrogen and oxygen atoms in total. The van der Waals surface area contributed by atoms with Crippen molar-refractivity contribution >= 4 is 11.3 Å². The number of hydrogen-bond donors (Lipinski definition) is 1. The molecule has 3 rings (SSSR count). The SMILES string of the molecule is COc1cccc(CNCc2ncc(-c3ccccc3)s2)c1OC. The minimum Gasteiger partial charge on any atom is -0.493 e. The largest absolute Gasteiger partial charge is 0.493 e. The number of thiazole rings is 1. The zero-order valence-electron chi connectivity index (χ0n) is 13.8. The van der Waals surface area contributed by atoms with Crippen LogP contribution in [0.1, 0.15) is 10.6 Å². The molecule has 0 spiro atoms. The molecule has 3 aromatic rings. The summed E-state index contributed by atoms with van der Waals surface area (Å²) in [6, 6.07) is 16.2. The number of aromatic nitrogens is 1. The molecule has 24 heavy (non-hydrogen) atoms. The molecule has 5 heteroatoms. The van der Waals surface area contributed by atoms with Crippen LogP contribution in [0.15, 0.2) is 54.7 Å². The number of nitrogens with zero attached hydrogens (tertiary/aromatic N) is 1. The van der Waals surface area contributed by atoms with Gasteiger partial charge in [0.05, 0.1) is 19.1 Å². The standard InChI is InChI=1S/C19H20N2O2S/c1-22-16-10-6-9-15(19(16)23-2)11-20-13-18-21-12-17(24-18)14-7-4-3-5-8-14/h3-10,12,20H,11,13H2,1-2H3. The molecule has 1 N–H and O–H groups in total. The summed E-state index contributed by atoms with van der Waals surface area (Å²) in [7, 11) is 3.31. The Morgan fingerprint density at radius 3 is 2.54 bits per heavy atom. The molecule has 0 aliphatic rings. The van der Waals surface area contributed by atoms with E-state index in [1.54, 1.807) is 25.6 Å². The average molecular weight is 340 g/mol. The molecule has 0 bridgehead atoms. The Morgan fingerprint density at radius 1 is 0.958 bits per heavy atom. The molecular weight excluding hydrogens is 320 g/mol. The van der Waals surface area contributed by atoms with Gasteiger partial charge >= 0.3 is 0 Å². The molecule has 0 unspecified atom stereocenters. The lowest BCUT2D eigenvalue weighted by molar-refractivity contribution is 0.350. The van der Waals surface area contributed by atoms with Gasteiger partial charge in [-0.3, -0.25) is 0 Å². The fourth-order valence-electron chi connectivity index (χ4n) is 2.52. The minimum absolute atomic E-state index is 0.695. The molecule has 0 saturated carbocycles. The maximum Gasteiger partial charge on any atom is 0.165 e. The smallest absolute Gasteiger partial charge is 0.165 e. The normalized spacial score (nSPS) is 10.6. The van der Waals surface area contributed by atoms with E-state index in [0.717, 1.165) is 28.6 Å². The number of benzene rings is 2. The first kappa shape index (κ1) is 16.5. The highest BCUT2D eigenvalue weighted by Crippen LogP contribution is 2.30. The number of methoxy groups -OCH3 is 2. The van der Waals surface area contributed by atoms with E-state index in [-0.39, 0.29) is 0 Å². The van der Waals surface area contributed by atoms with Crippen LogP contribution in [0.5, 0.6) is 11.5 Å². The van der Waals surface area contributed by atoms with Crippen molar-refractivity contribution in [2.24, 2.45) is 0 Å². The molecule has 0 aliphatic heterocycles. The number of rotatable bonds is 7. The van der Waals surface area contributed by atoms with E-state index < -0.39 is 0 Å². The maximum atomic E-state index is 5.45. The molecule has 1 heterocycles. The number of para-hydroxylation sites is 1. The summed E-state index contributed by atoms with van der Waals surface area (Å²) in [6.45, 7) is 1.42. The van der Waals surface area contributed by atoms with Crippen LogP contribution in [-0.2, 0) is 13.1 Å². The first-order chi connectivity index (χ1) is 11.8. The molecule has 2 aromatic carbocycles. The second-order valence-corrected chi connectivity index (χ2v) is 6.36. The zero-order chi connectivity index (χ0) is 16.8. The van der Waals surface area contributed by atoms with Gasteiger partial charge in [-0.15, -0.1) is 11.3 Å². The van der Waals surface area contributed by atoms with Crippen LogP contribution < -0.4 is 14.8 Å². The summed E-state index contributed by atoms with van der Waals surface area (Å²) in [5, 5.41) is 4.49. The summed E-state index contributed by atoms with van der Waals surface area (Å²) in [5.74, 6) is 1.52. The van der Waals surface area contributed by atoms with Crippen molar-refractivity contribution in [2.75, 3.05) is 14.2 Å². The Kier molecular flexibility index (Phi) is 5.46. The maximum absolute atomic E-state index is 5.45. The van der Waals surface area contributed by atoms with Crippen LogP contribution in [0.25, 0.3) is 10.4 Å². The van der Waals surface area contributed by atoms with Crippen LogP contribution in [-0.4, -0.2) is 19.2 Å². The van der Waals surface area contributed by atoms with Crippen molar-refractivity contribution in [3.63, 3.8) is 0 Å². The third-order valence-corrected chi connectivity index (χ3v) is 4.73. The fourth-order valence-corrected chi connectivity index (χ4v) is 3.42. The van der Waals surface area contributed by atoms with Gasteiger partial charge in [-0.2, -0.15) is 0 Å². The second-order valence-electron chi connectivity index (χ2n) is 5.24. The predicted molar refractivity (Wildman–Crippen MR) is 97.6 cm³/mol. The average Bonchev–Trinajstić information content (AvgIpc) is 3.11. The Bertz CT molecular complexity index is 787. The molecule has 0 amide bonds. The second kappa shape index (κ2) is 7.95. The Morgan fingerprint density at radius 2 is 1.79 bits per heavy atom. The summed E-state index contributed by atoms with van der Waals surface area (Å²) in [6.07, 6.45) is 1.93. The van der Waals surface area contributed by atoms with E-state index in [1.165, 1.54) is 10.4 Å². The van der Waals surface area contributed by atoms with Crippen molar-refractivity contribution in [2.45, 2.75) is 13.1 Å². The highest BCUT2D eigenvalue weighted by molar-refractivity contribution is 7.15. The van der Waals surface area contributed by atoms with E-state index in [2.05, 4.69) is 22.4 Å². The van der Waals surface area contributed by atoms with Crippen molar-refractivity contribution in [1.82, 2.24) is 10.3 Å². The first-order valence-corrected chi connectivity index (χ1v) is 8.54. The van der Waals surface area contributed by atoms with E-state index in [9.17, 15) is 0 Å². The van der Waals surface area contributed by atoms with Crippen molar-refractivity contribution in [1.29, 1.82) is 0 Å². The van der Waals surface area contributed by atoms with Gasteiger partial charge in [0.2, 0.25) is 0 Å². The van der Waals surface area contributed by atoms with Gasteiger partial charge in [0, 0.05) is 24.8 Å². The molecule has 1 aromatic heterocycles. The molecule has 0 fully saturated rings. The lowest BCUT2D eigenvalue weighted by Gasteiger charge is -2.12. The Balaban J connectivity index is 1.63. The van der Waals surface area contributed by atoms with E-state index in [4.69, 9.17) is 9.47 Å². The van der Waals surface area contributed by atoms with Crippen LogP contribution in [0.2, 0.25) is 0 Å². The Labute approximate surface area is 146 Å². The van der Waals surface area contributed by atoms with E-state index in [1.807, 2.05) is 42.6 Å². The van der Waals surface area contributed by atoms with Crippen LogP contribution in [0.4, 0.5) is 0 Å². The van der Waals surface area contributed by atoms with Crippen LogP contribution >= 0.6 is 11.3 Å². The fraction of sp³-hybridized carbons (Fsp3) is 0.211. The first-order valence-electron chi connectivity index (χ1n) is 7.72. The number of nitrogens with one attached hydrogen (secondary N) is 1. The van der Waals surface area contributed by atoms with Crippen molar-refractivity contribution in [3.05, 3.63) is 65.3 Å². The molecule has 0 saturated heterocycles. The summed E-state index contributed by atoms with van der Waals surface area (Å²) in [4.78, 5) is 5.69. The quantitative estimate of drug-likeness (QED) is 0.703. The lowest BCUT2D eigenvalue weighted by Crippen LogP contribution is -2.13. The predicted octanol–water partition coefficient (Wildman–Crippen LogP) is 4.12. The number of ether oxygens (including phenoxy) is 2. The molecule has 0 aliphatic carbocycles. The van der Waals surface area contributed by atoms with Crippen LogP contribution in [0, 0.1) is 0 Å². The van der Waals surface area contributed by atoms with Gasteiger partial charge in [0.25, 0.3) is 0 Å². The van der Waals surface area contributed by atoms with Crippen molar-refractivity contribution in [3.8, 4) is 21.9 Å². The summed E-state index contributed by atoms with van der Waals surface area (Å²) < 4.78 is 10.8. The van der Waals surface area contributed by atoms with Gasteiger partial charge in [-0.25, -0.2) is 4.98 Å². The minimum atomic E-state index is 0.695. The van der Waals surface area contributed by atoms with Crippen LogP contribution in [0.3, 0.4) is 0 Å². The summed E-state index contributed by atoms with van der Waals surface area (Å²) in [5.41, 5.74) is 2.27. The topological polar surface area (TPSA) is 43.4 Å². The third kappa shape index (κ3) is 3.75. The number of hydrogen-bond acceptors (Lipinski definition) is 5. The highest BCUT2D eigenvalue weighted by atomic mass is 32.1.